The number of rotatable bonds is 3. The SMILES string of the molecule is Cc1nc(-c2ccc(Br)cc2)nc(C)c1CCN. The Morgan fingerprint density at radius 2 is 1.61 bits per heavy atom. The van der Waals surface area contributed by atoms with Crippen LogP contribution in [0.4, 0.5) is 0 Å². The highest BCUT2D eigenvalue weighted by molar-refractivity contribution is 9.10. The van der Waals surface area contributed by atoms with Gasteiger partial charge >= 0.3 is 0 Å². The quantitative estimate of drug-likeness (QED) is 0.948. The summed E-state index contributed by atoms with van der Waals surface area (Å²) >= 11 is 3.42. The second kappa shape index (κ2) is 5.59. The summed E-state index contributed by atoms with van der Waals surface area (Å²) in [6.45, 7) is 4.66. The van der Waals surface area contributed by atoms with Crippen molar-refractivity contribution in [2.75, 3.05) is 6.54 Å². The van der Waals surface area contributed by atoms with Gasteiger partial charge in [-0.2, -0.15) is 0 Å². The van der Waals surface area contributed by atoms with E-state index in [4.69, 9.17) is 5.73 Å². The Morgan fingerprint density at radius 3 is 2.11 bits per heavy atom. The zero-order chi connectivity index (χ0) is 13.1. The van der Waals surface area contributed by atoms with E-state index in [1.54, 1.807) is 0 Å². The summed E-state index contributed by atoms with van der Waals surface area (Å²) in [5.74, 6) is 0.776. The molecule has 0 saturated carbocycles. The average Bonchev–Trinajstić information content (AvgIpc) is 2.34. The van der Waals surface area contributed by atoms with Gasteiger partial charge in [-0.1, -0.05) is 28.1 Å². The zero-order valence-corrected chi connectivity index (χ0v) is 12.2. The number of halogens is 1. The predicted octanol–water partition coefficient (Wildman–Crippen LogP) is 3.02. The van der Waals surface area contributed by atoms with Crippen molar-refractivity contribution in [1.82, 2.24) is 9.97 Å². The zero-order valence-electron chi connectivity index (χ0n) is 10.6. The van der Waals surface area contributed by atoms with E-state index in [-0.39, 0.29) is 0 Å². The lowest BCUT2D eigenvalue weighted by Crippen LogP contribution is -2.09. The smallest absolute Gasteiger partial charge is 0.159 e. The van der Waals surface area contributed by atoms with Gasteiger partial charge in [-0.25, -0.2) is 9.97 Å². The van der Waals surface area contributed by atoms with Crippen molar-refractivity contribution in [2.45, 2.75) is 20.3 Å². The Kier molecular flexibility index (Phi) is 4.09. The molecule has 3 nitrogen and oxygen atoms in total. The molecule has 0 aliphatic carbocycles. The van der Waals surface area contributed by atoms with Crippen molar-refractivity contribution in [1.29, 1.82) is 0 Å². The highest BCUT2D eigenvalue weighted by Gasteiger charge is 2.09. The third-order valence-electron chi connectivity index (χ3n) is 2.92. The first-order chi connectivity index (χ1) is 8.61. The lowest BCUT2D eigenvalue weighted by Gasteiger charge is -2.10. The maximum atomic E-state index is 5.60. The van der Waals surface area contributed by atoms with Gasteiger partial charge in [-0.15, -0.1) is 0 Å². The number of hydrogen-bond acceptors (Lipinski definition) is 3. The lowest BCUT2D eigenvalue weighted by molar-refractivity contribution is 0.899. The average molecular weight is 306 g/mol. The molecule has 0 spiro atoms. The molecule has 0 aliphatic heterocycles. The fourth-order valence-corrected chi connectivity index (χ4v) is 2.24. The Bertz CT molecular complexity index is 526. The van der Waals surface area contributed by atoms with Crippen LogP contribution in [0, 0.1) is 13.8 Å². The molecule has 1 heterocycles. The van der Waals surface area contributed by atoms with Crippen LogP contribution in [0.2, 0.25) is 0 Å². The first-order valence-electron chi connectivity index (χ1n) is 5.92. The Balaban J connectivity index is 2.44. The molecule has 4 heteroatoms. The Hall–Kier alpha value is -1.26. The summed E-state index contributed by atoms with van der Waals surface area (Å²) in [6.07, 6.45) is 0.832. The molecule has 0 aliphatic rings. The third kappa shape index (κ3) is 2.76. The molecule has 0 saturated heterocycles. The van der Waals surface area contributed by atoms with E-state index in [0.717, 1.165) is 33.7 Å². The largest absolute Gasteiger partial charge is 0.330 e. The molecule has 0 unspecified atom stereocenters. The summed E-state index contributed by atoms with van der Waals surface area (Å²) in [5, 5.41) is 0. The minimum atomic E-state index is 0.628. The summed E-state index contributed by atoms with van der Waals surface area (Å²) in [6, 6.07) is 8.02. The molecule has 0 bridgehead atoms. The molecule has 94 valence electrons. The van der Waals surface area contributed by atoms with Crippen molar-refractivity contribution in [3.8, 4) is 11.4 Å². The van der Waals surface area contributed by atoms with Crippen LogP contribution in [0.25, 0.3) is 11.4 Å². The summed E-state index contributed by atoms with van der Waals surface area (Å²) in [7, 11) is 0. The Morgan fingerprint density at radius 1 is 1.06 bits per heavy atom. The van der Waals surface area contributed by atoms with E-state index in [1.165, 1.54) is 5.56 Å². The molecule has 0 amide bonds. The molecule has 1 aromatic heterocycles. The topological polar surface area (TPSA) is 51.8 Å². The van der Waals surface area contributed by atoms with Crippen molar-refractivity contribution >= 4 is 15.9 Å². The number of benzene rings is 1. The van der Waals surface area contributed by atoms with Gasteiger partial charge in [-0.05, 0) is 44.5 Å². The highest BCUT2D eigenvalue weighted by atomic mass is 79.9. The van der Waals surface area contributed by atoms with E-state index < -0.39 is 0 Å². The first kappa shape index (κ1) is 13.2. The van der Waals surface area contributed by atoms with E-state index in [1.807, 2.05) is 38.1 Å². The van der Waals surface area contributed by atoms with Gasteiger partial charge in [0, 0.05) is 21.4 Å². The predicted molar refractivity (Wildman–Crippen MR) is 77.4 cm³/mol. The maximum absolute atomic E-state index is 5.60. The third-order valence-corrected chi connectivity index (χ3v) is 3.45. The maximum Gasteiger partial charge on any atom is 0.159 e. The number of nitrogens with two attached hydrogens (primary N) is 1. The molecule has 18 heavy (non-hydrogen) atoms. The molecule has 0 atom stereocenters. The van der Waals surface area contributed by atoms with Crippen LogP contribution in [-0.2, 0) is 6.42 Å². The summed E-state index contributed by atoms with van der Waals surface area (Å²) < 4.78 is 1.06. The van der Waals surface area contributed by atoms with Gasteiger partial charge < -0.3 is 5.73 Å². The molecular formula is C14H16BrN3. The van der Waals surface area contributed by atoms with Crippen molar-refractivity contribution in [3.05, 3.63) is 45.7 Å². The fraction of sp³-hybridized carbons (Fsp3) is 0.286. The minimum Gasteiger partial charge on any atom is -0.330 e. The lowest BCUT2D eigenvalue weighted by atomic mass is 10.1. The Labute approximate surface area is 116 Å². The minimum absolute atomic E-state index is 0.628. The van der Waals surface area contributed by atoms with Crippen LogP contribution in [0.1, 0.15) is 17.0 Å². The molecule has 2 aromatic rings. The number of nitrogens with zero attached hydrogens (tertiary/aromatic N) is 2. The van der Waals surface area contributed by atoms with Crippen LogP contribution >= 0.6 is 15.9 Å². The van der Waals surface area contributed by atoms with Crippen LogP contribution in [0.15, 0.2) is 28.7 Å². The van der Waals surface area contributed by atoms with Crippen molar-refractivity contribution in [2.24, 2.45) is 5.73 Å². The van der Waals surface area contributed by atoms with Gasteiger partial charge in [0.1, 0.15) is 0 Å². The first-order valence-corrected chi connectivity index (χ1v) is 6.71. The van der Waals surface area contributed by atoms with E-state index in [2.05, 4.69) is 25.9 Å². The number of aryl methyl sites for hydroxylation is 2. The molecule has 0 fully saturated rings. The van der Waals surface area contributed by atoms with Gasteiger partial charge in [0.2, 0.25) is 0 Å². The fourth-order valence-electron chi connectivity index (χ4n) is 1.97. The van der Waals surface area contributed by atoms with E-state index in [9.17, 15) is 0 Å². The standard InChI is InChI=1S/C14H16BrN3/c1-9-13(7-8-16)10(2)18-14(17-9)11-3-5-12(15)6-4-11/h3-6H,7-8,16H2,1-2H3. The molecule has 2 N–H and O–H groups in total. The van der Waals surface area contributed by atoms with Crippen molar-refractivity contribution < 1.29 is 0 Å². The number of hydrogen-bond donors (Lipinski definition) is 1. The van der Waals surface area contributed by atoms with Crippen LogP contribution in [-0.4, -0.2) is 16.5 Å². The monoisotopic (exact) mass is 305 g/mol. The second-order valence-electron chi connectivity index (χ2n) is 4.24. The molecular weight excluding hydrogens is 290 g/mol. The highest BCUT2D eigenvalue weighted by Crippen LogP contribution is 2.21. The van der Waals surface area contributed by atoms with Crippen LogP contribution in [0.3, 0.4) is 0 Å². The van der Waals surface area contributed by atoms with Crippen molar-refractivity contribution in [3.63, 3.8) is 0 Å². The second-order valence-corrected chi connectivity index (χ2v) is 5.16. The van der Waals surface area contributed by atoms with Crippen LogP contribution < -0.4 is 5.73 Å². The van der Waals surface area contributed by atoms with Gasteiger partial charge in [0.15, 0.2) is 5.82 Å². The summed E-state index contributed by atoms with van der Waals surface area (Å²) in [5.41, 5.74) is 9.84. The van der Waals surface area contributed by atoms with E-state index in [0.29, 0.717) is 6.54 Å². The van der Waals surface area contributed by atoms with Gasteiger partial charge in [-0.3, -0.25) is 0 Å². The van der Waals surface area contributed by atoms with Gasteiger partial charge in [0.25, 0.3) is 0 Å². The molecule has 1 aromatic carbocycles. The molecule has 0 radical (unpaired) electrons. The molecule has 2 rings (SSSR count). The van der Waals surface area contributed by atoms with E-state index >= 15 is 0 Å². The normalized spacial score (nSPS) is 10.7. The van der Waals surface area contributed by atoms with Gasteiger partial charge in [0.05, 0.1) is 0 Å². The summed E-state index contributed by atoms with van der Waals surface area (Å²) in [4.78, 5) is 9.14. The van der Waals surface area contributed by atoms with Crippen LogP contribution in [0.5, 0.6) is 0 Å². The number of aromatic nitrogens is 2.